The van der Waals surface area contributed by atoms with E-state index >= 15 is 19.2 Å². The standard InChI is InChI=1S/C74H89ClN9O25.Re/c1-29(2)17-41(78-8)66(96)83-56-58(91)34-12-16-46(40(75)19-34)105-48-21-35-20-47(62(48)109-72-63(60(93)59(92)49(28-86)106-72)108-51-25-73(5,6)64(94)30(3)102-51)104-37-13-9-32(10-14-37)61(107-52-26-74(7,77)65(95)31(4)103-52)57-71(101)80-43(27-85)38-22-36(87)23-45(89)53(38)39-18-33(11-15-44(39)88)54(68(98)84-57)82-69(99)55(35)81-67(97)42(24-50(76)90)79-70(56)100;/h9-16,18-23,29-31,41-43,49,51-52,54-61,63-65,72,78,86-89,91-95H,17,24-26,28,77H2,1-8H3,(H2,76,90)(H,79,100)(H,80,101)(H,81,97)(H,82,99)(H,83,96)(H,84,98);. The number of amides is 7. The van der Waals surface area contributed by atoms with Crippen molar-refractivity contribution in [3.63, 3.8) is 0 Å². The number of halogens is 1. The van der Waals surface area contributed by atoms with Crippen molar-refractivity contribution < 1.29 is 141 Å². The van der Waals surface area contributed by atoms with Crippen LogP contribution >= 0.6 is 11.6 Å². The number of fused-ring (bicyclic) bond motifs is 15. The van der Waals surface area contributed by atoms with Crippen LogP contribution in [0.15, 0.2) is 84.9 Å². The molecular formula is C74H89ClN9O25Re. The fourth-order valence-corrected chi connectivity index (χ4v) is 15.2. The molecule has 36 heteroatoms. The third-order valence-electron chi connectivity index (χ3n) is 20.3. The molecule has 7 amide bonds. The summed E-state index contributed by atoms with van der Waals surface area (Å²) in [6.45, 7) is 10.8. The van der Waals surface area contributed by atoms with E-state index < -0.39 is 232 Å². The second-order valence-corrected chi connectivity index (χ2v) is 31.3. The number of carbonyl (C=O) groups excluding carboxylic acids is 8. The number of hydrogen-bond acceptors (Lipinski definition) is 27. The minimum Gasteiger partial charge on any atom is -0.454 e. The number of rotatable bonds is 15. The monoisotopic (exact) mass is 1730 g/mol. The van der Waals surface area contributed by atoms with Gasteiger partial charge in [-0.05, 0) is 61.6 Å². The molecule has 110 heavy (non-hydrogen) atoms. The van der Waals surface area contributed by atoms with Crippen LogP contribution in [-0.2, 0) is 81.2 Å². The first kappa shape index (κ1) is 82.3. The second kappa shape index (κ2) is 33.3. The van der Waals surface area contributed by atoms with Gasteiger partial charge in [0.25, 0.3) is 0 Å². The summed E-state index contributed by atoms with van der Waals surface area (Å²) in [6, 6.07) is 3.14. The van der Waals surface area contributed by atoms with Crippen LogP contribution in [0.25, 0.3) is 11.1 Å². The maximum atomic E-state index is 16.4. The zero-order valence-corrected chi connectivity index (χ0v) is 64.2. The van der Waals surface area contributed by atoms with Crippen molar-refractivity contribution in [1.29, 1.82) is 0 Å². The molecule has 0 aliphatic carbocycles. The van der Waals surface area contributed by atoms with E-state index in [0.717, 1.165) is 42.5 Å². The van der Waals surface area contributed by atoms with E-state index in [2.05, 4.69) is 37.2 Å². The molecule has 594 valence electrons. The number of aliphatic hydroxyl groups excluding tert-OH is 6. The Morgan fingerprint density at radius 1 is 0.691 bits per heavy atom. The van der Waals surface area contributed by atoms with E-state index in [1.165, 1.54) is 63.4 Å². The number of aliphatic hydroxyl groups is 6. The molecule has 3 saturated heterocycles. The number of ether oxygens (including phenoxy) is 8. The van der Waals surface area contributed by atoms with Gasteiger partial charge in [-0.3, -0.25) is 19.2 Å². The summed E-state index contributed by atoms with van der Waals surface area (Å²) in [5, 5.41) is 122. The Morgan fingerprint density at radius 3 is 1.95 bits per heavy atom. The van der Waals surface area contributed by atoms with Crippen LogP contribution in [-0.4, -0.2) is 203 Å². The molecule has 8 aliphatic heterocycles. The first-order valence-corrected chi connectivity index (χ1v) is 37.1. The molecule has 0 aromatic heterocycles. The third kappa shape index (κ3) is 17.6. The number of aromatic hydroxyl groups is 3. The van der Waals surface area contributed by atoms with Gasteiger partial charge in [-0.15, -0.1) is 0 Å². The van der Waals surface area contributed by atoms with Gasteiger partial charge >= 0.3 is 313 Å². The average Bonchev–Trinajstić information content (AvgIpc) is 0.765. The Bertz CT molecular complexity index is 4350. The van der Waals surface area contributed by atoms with Crippen molar-refractivity contribution in [3.05, 3.63) is 118 Å². The summed E-state index contributed by atoms with van der Waals surface area (Å²) in [5.74, 6) is -12.7. The number of nitrogens with two attached hydrogens (primary N) is 2. The fraction of sp³-hybridized carbons (Fsp3) is 0.486. The Hall–Kier alpha value is -8.71. The topological polar surface area (TPSA) is 529 Å². The van der Waals surface area contributed by atoms with Crippen LogP contribution in [0.5, 0.6) is 46.0 Å². The normalized spacial score (nSPS) is 31.4. The molecule has 13 rings (SSSR count). The van der Waals surface area contributed by atoms with Gasteiger partial charge < -0.3 is 70.9 Å². The zero-order chi connectivity index (χ0) is 80.0. The van der Waals surface area contributed by atoms with Crippen molar-refractivity contribution in [2.75, 3.05) is 13.7 Å². The van der Waals surface area contributed by atoms with Crippen molar-refractivity contribution >= 4 is 57.2 Å². The van der Waals surface area contributed by atoms with E-state index in [4.69, 9.17) is 61.0 Å². The SMILES string of the molecule is CNC(CC(C)C)C(=O)NC1C(=O)NC(CC(N)=O)C(=O)NC2C(=O)NC3C(=O)NC(C(=O)NC([C](=O)[Re])c4cc(O)cc(O)c4-c4cc3ccc4O)C(OC3CC(C)(N)C(O)C(C)O3)c3ccc(cc3)Oc3cc2cc(c3OC2OC(CO)C(O)C(O)C2OC2CC(C)(C)C(O)C(C)O2)Oc2ccc(cc2Cl)C1O. The molecule has 0 radical (unpaired) electrons. The van der Waals surface area contributed by atoms with Gasteiger partial charge in [-0.1, -0.05) is 45.4 Å². The molecule has 11 bridgehead atoms. The predicted octanol–water partition coefficient (Wildman–Crippen LogP) is 0.988. The van der Waals surface area contributed by atoms with Crippen LogP contribution in [0.1, 0.15) is 132 Å². The summed E-state index contributed by atoms with van der Waals surface area (Å²) in [6.07, 6.45) is -21.0. The molecule has 34 nitrogen and oxygen atoms in total. The first-order chi connectivity index (χ1) is 51.8. The molecule has 21 unspecified atom stereocenters. The zero-order valence-electron chi connectivity index (χ0n) is 60.7. The van der Waals surface area contributed by atoms with Crippen molar-refractivity contribution in [2.45, 2.75) is 202 Å². The Balaban J connectivity index is 1.18. The van der Waals surface area contributed by atoms with Gasteiger partial charge in [0, 0.05) is 6.42 Å². The van der Waals surface area contributed by atoms with E-state index in [9.17, 15) is 65.1 Å². The summed E-state index contributed by atoms with van der Waals surface area (Å²) >= 11 is 7.67. The second-order valence-electron chi connectivity index (χ2n) is 29.6. The number of primary amides is 1. The number of phenols is 3. The molecular weight excluding hydrogens is 1640 g/mol. The van der Waals surface area contributed by atoms with Gasteiger partial charge in [-0.2, -0.15) is 0 Å². The number of likely N-dealkylation sites (N-methyl/N-ethyl adjacent to an activating group) is 1. The molecule has 21 atom stereocenters. The molecule has 8 heterocycles. The fourth-order valence-electron chi connectivity index (χ4n) is 14.4. The molecule has 5 aromatic carbocycles. The van der Waals surface area contributed by atoms with Crippen molar-refractivity contribution in [2.24, 2.45) is 22.8 Å². The van der Waals surface area contributed by atoms with Crippen molar-refractivity contribution in [3.8, 4) is 57.1 Å². The quantitative estimate of drug-likeness (QED) is 0.0695. The van der Waals surface area contributed by atoms with Crippen LogP contribution in [0.2, 0.25) is 5.02 Å². The average molecular weight is 1730 g/mol. The minimum atomic E-state index is -2.30. The van der Waals surface area contributed by atoms with Gasteiger partial charge in [0.15, 0.2) is 18.1 Å². The van der Waals surface area contributed by atoms with Gasteiger partial charge in [0.1, 0.15) is 42.2 Å². The van der Waals surface area contributed by atoms with Gasteiger partial charge in [-0.25, -0.2) is 0 Å². The smallest absolute Gasteiger partial charge is 0.454 e. The van der Waals surface area contributed by atoms with E-state index in [-0.39, 0.29) is 75.1 Å². The van der Waals surface area contributed by atoms with Crippen LogP contribution in [0.4, 0.5) is 0 Å². The number of hydrogen-bond donors (Lipinski definition) is 18. The summed E-state index contributed by atoms with van der Waals surface area (Å²) in [4.78, 5) is 120. The van der Waals surface area contributed by atoms with Crippen molar-refractivity contribution in [1.82, 2.24) is 37.2 Å². The predicted molar refractivity (Wildman–Crippen MR) is 379 cm³/mol. The van der Waals surface area contributed by atoms with Gasteiger partial charge in [0.05, 0.1) is 36.3 Å². The third-order valence-corrected chi connectivity index (χ3v) is 21.3. The minimum absolute atomic E-state index is 0.00998. The molecule has 0 spiro atoms. The number of phenolic OH excluding ortho intramolecular Hbond substituents is 3. The molecule has 20 N–H and O–H groups in total. The molecule has 3 fully saturated rings. The first-order valence-electron chi connectivity index (χ1n) is 35.4. The Labute approximate surface area is 645 Å². The Morgan fingerprint density at radius 2 is 1.32 bits per heavy atom. The molecule has 5 aromatic rings. The number of benzene rings is 5. The van der Waals surface area contributed by atoms with Crippen LogP contribution in [0.3, 0.4) is 0 Å². The molecule has 0 saturated carbocycles. The summed E-state index contributed by atoms with van der Waals surface area (Å²) in [5.41, 5.74) is 8.42. The number of nitrogens with one attached hydrogen (secondary N) is 7. The van der Waals surface area contributed by atoms with E-state index in [0.29, 0.717) is 19.2 Å². The van der Waals surface area contributed by atoms with Gasteiger partial charge in [0.2, 0.25) is 35.7 Å². The van der Waals surface area contributed by atoms with Crippen LogP contribution in [0, 0.1) is 11.3 Å². The summed E-state index contributed by atoms with van der Waals surface area (Å²) in [7, 11) is 1.49. The Kier molecular flexibility index (Phi) is 24.9. The van der Waals surface area contributed by atoms with Crippen LogP contribution < -0.4 is 62.9 Å². The van der Waals surface area contributed by atoms with E-state index in [1.54, 1.807) is 20.8 Å². The molecule has 8 aliphatic rings. The number of carbonyl (C=O) groups is 8. The maximum absolute atomic E-state index is 16.4. The van der Waals surface area contributed by atoms with E-state index in [1.807, 2.05) is 13.8 Å². The summed E-state index contributed by atoms with van der Waals surface area (Å²) < 4.78 is 51.4.